The average Bonchev–Trinajstić information content (AvgIpc) is 3.05. The van der Waals surface area contributed by atoms with Crippen LogP contribution in [-0.2, 0) is 4.84 Å². The van der Waals surface area contributed by atoms with Crippen molar-refractivity contribution >= 4 is 6.21 Å². The lowest BCUT2D eigenvalue weighted by molar-refractivity contribution is 0.178. The molecule has 0 amide bonds. The summed E-state index contributed by atoms with van der Waals surface area (Å²) in [6.45, 7) is 6.07. The lowest BCUT2D eigenvalue weighted by atomic mass is 9.94. The van der Waals surface area contributed by atoms with Gasteiger partial charge in [-0.25, -0.2) is 0 Å². The molecule has 2 heterocycles. The number of benzene rings is 1. The first-order chi connectivity index (χ1) is 9.81. The molecule has 2 aliphatic rings. The van der Waals surface area contributed by atoms with Crippen molar-refractivity contribution in [2.75, 3.05) is 26.2 Å². The molecule has 2 aliphatic heterocycles. The molecule has 0 N–H and O–H groups in total. The van der Waals surface area contributed by atoms with Crippen LogP contribution in [0.15, 0.2) is 29.4 Å². The zero-order valence-electron chi connectivity index (χ0n) is 11.9. The molecule has 1 aromatic rings. The molecule has 0 saturated carbocycles. The molecule has 1 aromatic carbocycles. The molecule has 0 aliphatic carbocycles. The van der Waals surface area contributed by atoms with E-state index in [9.17, 15) is 0 Å². The zero-order chi connectivity index (χ0) is 13.8. The molecule has 0 aromatic heterocycles. The normalized spacial score (nSPS) is 27.6. The second kappa shape index (κ2) is 6.11. The van der Waals surface area contributed by atoms with Crippen molar-refractivity contribution in [1.29, 1.82) is 0 Å². The average molecular weight is 268 g/mol. The van der Waals surface area contributed by atoms with Crippen LogP contribution >= 0.6 is 0 Å². The fraction of sp³-hybridized carbons (Fsp3) is 0.471. The summed E-state index contributed by atoms with van der Waals surface area (Å²) in [5.41, 5.74) is 2.25. The minimum Gasteiger partial charge on any atom is -0.383 e. The second-order valence-electron chi connectivity index (χ2n) is 5.67. The van der Waals surface area contributed by atoms with Crippen molar-refractivity contribution in [2.24, 2.45) is 17.0 Å². The third kappa shape index (κ3) is 3.20. The van der Waals surface area contributed by atoms with Gasteiger partial charge in [-0.3, -0.25) is 0 Å². The van der Waals surface area contributed by atoms with Crippen LogP contribution in [0.4, 0.5) is 0 Å². The van der Waals surface area contributed by atoms with E-state index in [0.29, 0.717) is 12.5 Å². The van der Waals surface area contributed by atoms with Gasteiger partial charge in [0.15, 0.2) is 6.61 Å². The fourth-order valence-corrected chi connectivity index (χ4v) is 3.05. The molecule has 2 bridgehead atoms. The lowest BCUT2D eigenvalue weighted by Crippen LogP contribution is -2.24. The van der Waals surface area contributed by atoms with Crippen molar-refractivity contribution < 1.29 is 4.84 Å². The van der Waals surface area contributed by atoms with E-state index in [4.69, 9.17) is 4.84 Å². The number of nitrogens with zero attached hydrogens (tertiary/aromatic N) is 2. The summed E-state index contributed by atoms with van der Waals surface area (Å²) in [5, 5.41) is 4.07. The van der Waals surface area contributed by atoms with Gasteiger partial charge in [-0.1, -0.05) is 29.1 Å². The third-order valence-corrected chi connectivity index (χ3v) is 4.10. The summed E-state index contributed by atoms with van der Waals surface area (Å²) in [6.07, 6.45) is 3.28. The van der Waals surface area contributed by atoms with E-state index in [2.05, 4.69) is 41.0 Å². The van der Waals surface area contributed by atoms with Gasteiger partial charge in [0.25, 0.3) is 0 Å². The molecule has 2 unspecified atom stereocenters. The second-order valence-corrected chi connectivity index (χ2v) is 5.67. The molecule has 104 valence electrons. The predicted octanol–water partition coefficient (Wildman–Crippen LogP) is 2.30. The SMILES string of the molecule is Cc1cccc(C#CCO/N=C/C2CN3CC[C@@H]2C3)c1. The topological polar surface area (TPSA) is 24.8 Å². The van der Waals surface area contributed by atoms with Crippen LogP contribution in [-0.4, -0.2) is 37.4 Å². The van der Waals surface area contributed by atoms with Crippen LogP contribution in [0.1, 0.15) is 17.5 Å². The number of fused-ring (bicyclic) bond motifs is 2. The Labute approximate surface area is 120 Å². The van der Waals surface area contributed by atoms with Crippen molar-refractivity contribution in [2.45, 2.75) is 13.3 Å². The molecule has 20 heavy (non-hydrogen) atoms. The van der Waals surface area contributed by atoms with Crippen molar-refractivity contribution in [3.63, 3.8) is 0 Å². The summed E-state index contributed by atoms with van der Waals surface area (Å²) >= 11 is 0. The van der Waals surface area contributed by atoms with E-state index in [1.54, 1.807) is 0 Å². The molecule has 3 atom stereocenters. The Morgan fingerprint density at radius 2 is 2.40 bits per heavy atom. The van der Waals surface area contributed by atoms with Crippen LogP contribution in [0.5, 0.6) is 0 Å². The molecule has 0 radical (unpaired) electrons. The van der Waals surface area contributed by atoms with Crippen LogP contribution < -0.4 is 0 Å². The zero-order valence-corrected chi connectivity index (χ0v) is 11.9. The largest absolute Gasteiger partial charge is 0.383 e. The number of piperidine rings is 1. The van der Waals surface area contributed by atoms with E-state index < -0.39 is 0 Å². The van der Waals surface area contributed by atoms with Gasteiger partial charge in [-0.05, 0) is 43.5 Å². The van der Waals surface area contributed by atoms with Crippen LogP contribution in [0.3, 0.4) is 0 Å². The molecular weight excluding hydrogens is 248 g/mol. The van der Waals surface area contributed by atoms with Gasteiger partial charge >= 0.3 is 0 Å². The Morgan fingerprint density at radius 3 is 3.15 bits per heavy atom. The maximum atomic E-state index is 5.23. The lowest BCUT2D eigenvalue weighted by Gasteiger charge is -2.17. The van der Waals surface area contributed by atoms with Gasteiger partial charge < -0.3 is 9.74 Å². The fourth-order valence-electron chi connectivity index (χ4n) is 3.05. The predicted molar refractivity (Wildman–Crippen MR) is 80.5 cm³/mol. The smallest absolute Gasteiger partial charge is 0.177 e. The summed E-state index contributed by atoms with van der Waals surface area (Å²) in [7, 11) is 0. The first-order valence-corrected chi connectivity index (χ1v) is 7.24. The number of rotatable bonds is 3. The molecule has 3 heteroatoms. The molecular formula is C17H20N2O. The molecule has 2 fully saturated rings. The molecule has 0 spiro atoms. The number of hydrogen-bond acceptors (Lipinski definition) is 3. The Bertz CT molecular complexity index is 556. The van der Waals surface area contributed by atoms with Gasteiger partial charge in [0.2, 0.25) is 0 Å². The van der Waals surface area contributed by atoms with Crippen LogP contribution in [0.25, 0.3) is 0 Å². The molecule has 2 saturated heterocycles. The number of aryl methyl sites for hydroxylation is 1. The Kier molecular flexibility index (Phi) is 4.03. The van der Waals surface area contributed by atoms with Crippen molar-refractivity contribution in [3.8, 4) is 11.8 Å². The highest BCUT2D eigenvalue weighted by Gasteiger charge is 2.36. The monoisotopic (exact) mass is 268 g/mol. The van der Waals surface area contributed by atoms with E-state index in [1.165, 1.54) is 25.1 Å². The van der Waals surface area contributed by atoms with Gasteiger partial charge in [0.05, 0.1) is 0 Å². The Morgan fingerprint density at radius 1 is 1.45 bits per heavy atom. The Hall–Kier alpha value is -1.79. The first kappa shape index (κ1) is 13.2. The molecule has 3 rings (SSSR count). The summed E-state index contributed by atoms with van der Waals surface area (Å²) in [6, 6.07) is 8.16. The van der Waals surface area contributed by atoms with Gasteiger partial charge in [0.1, 0.15) is 0 Å². The minimum absolute atomic E-state index is 0.353. The highest BCUT2D eigenvalue weighted by Crippen LogP contribution is 2.31. The third-order valence-electron chi connectivity index (χ3n) is 4.10. The first-order valence-electron chi connectivity index (χ1n) is 7.24. The van der Waals surface area contributed by atoms with Gasteiger partial charge in [0, 0.05) is 30.8 Å². The maximum Gasteiger partial charge on any atom is 0.177 e. The quantitative estimate of drug-likeness (QED) is 0.364. The highest BCUT2D eigenvalue weighted by atomic mass is 16.6. The standard InChI is InChI=1S/C17H20N2O/c1-14-4-2-5-15(10-14)6-3-9-20-18-11-17-13-19-8-7-16(17)12-19/h2,4-5,10-11,16-17H,7-9,12-13H2,1H3/b18-11+/t16-,17?/m1/s1. The van der Waals surface area contributed by atoms with Crippen molar-refractivity contribution in [1.82, 2.24) is 4.90 Å². The summed E-state index contributed by atoms with van der Waals surface area (Å²) in [5.74, 6) is 7.45. The van der Waals surface area contributed by atoms with E-state index in [-0.39, 0.29) is 0 Å². The summed E-state index contributed by atoms with van der Waals surface area (Å²) < 4.78 is 0. The van der Waals surface area contributed by atoms with Gasteiger partial charge in [-0.2, -0.15) is 0 Å². The molecule has 3 nitrogen and oxygen atoms in total. The van der Waals surface area contributed by atoms with E-state index >= 15 is 0 Å². The maximum absolute atomic E-state index is 5.23. The van der Waals surface area contributed by atoms with Crippen LogP contribution in [0.2, 0.25) is 0 Å². The van der Waals surface area contributed by atoms with Crippen molar-refractivity contribution in [3.05, 3.63) is 35.4 Å². The Balaban J connectivity index is 1.42. The minimum atomic E-state index is 0.353. The highest BCUT2D eigenvalue weighted by molar-refractivity contribution is 5.61. The van der Waals surface area contributed by atoms with E-state index in [0.717, 1.165) is 18.0 Å². The van der Waals surface area contributed by atoms with E-state index in [1.807, 2.05) is 18.3 Å². The number of hydrogen-bond donors (Lipinski definition) is 0. The van der Waals surface area contributed by atoms with Crippen LogP contribution in [0, 0.1) is 30.6 Å². The summed E-state index contributed by atoms with van der Waals surface area (Å²) in [4.78, 5) is 7.73. The number of oxime groups is 1. The van der Waals surface area contributed by atoms with Gasteiger partial charge in [-0.15, -0.1) is 0 Å².